The predicted molar refractivity (Wildman–Crippen MR) is 166 cm³/mol. The Morgan fingerprint density at radius 2 is 1.24 bits per heavy atom. The Morgan fingerprint density at radius 3 is 1.66 bits per heavy atom. The lowest BCUT2D eigenvalue weighted by molar-refractivity contribution is 0.0244. The van der Waals surface area contributed by atoms with Gasteiger partial charge in [-0.25, -0.2) is 9.59 Å². The van der Waals surface area contributed by atoms with E-state index in [0.29, 0.717) is 62.4 Å². The van der Waals surface area contributed by atoms with Crippen LogP contribution in [0.3, 0.4) is 0 Å². The predicted octanol–water partition coefficient (Wildman–Crippen LogP) is 8.59. The number of carbonyl (C=O) groups is 2. The standard InChI is InChI=1S/C33H36Br2O6/c1-5-10-18-16-24(27(34)21(12-7-3)29(18)36)33(23-15-9-14-20(31(38)39)26(23)32(40)41-33)25-17-19(11-6-2)30(37)22(13-8-4)28(25)35/h9,14-17,36-37H,5-8,10-13H2,1-4H3,(H,38,39). The van der Waals surface area contributed by atoms with Crippen molar-refractivity contribution in [1.82, 2.24) is 0 Å². The van der Waals surface area contributed by atoms with Crippen LogP contribution >= 0.6 is 31.9 Å². The van der Waals surface area contributed by atoms with Gasteiger partial charge in [-0.3, -0.25) is 0 Å². The number of benzene rings is 3. The quantitative estimate of drug-likeness (QED) is 0.175. The minimum absolute atomic E-state index is 0.00289. The van der Waals surface area contributed by atoms with E-state index in [1.165, 1.54) is 6.07 Å². The molecule has 0 fully saturated rings. The van der Waals surface area contributed by atoms with Gasteiger partial charge < -0.3 is 20.1 Å². The van der Waals surface area contributed by atoms with Gasteiger partial charge in [0.05, 0.1) is 11.1 Å². The first-order chi connectivity index (χ1) is 19.6. The van der Waals surface area contributed by atoms with Gasteiger partial charge in [0, 0.05) is 36.8 Å². The van der Waals surface area contributed by atoms with E-state index in [-0.39, 0.29) is 22.6 Å². The van der Waals surface area contributed by atoms with Gasteiger partial charge in [0.25, 0.3) is 0 Å². The molecule has 3 aromatic carbocycles. The van der Waals surface area contributed by atoms with Crippen LogP contribution in [0.1, 0.15) is 113 Å². The number of aromatic carboxylic acids is 1. The zero-order valence-electron chi connectivity index (χ0n) is 23.9. The topological polar surface area (TPSA) is 104 Å². The lowest BCUT2D eigenvalue weighted by atomic mass is 9.76. The SMILES string of the molecule is CCCc1cc(C2(c3cc(CCC)c(O)c(CCC)c3Br)OC(=O)c3c(C(=O)O)cccc32)c(Br)c(CCC)c1O. The number of fused-ring (bicyclic) bond motifs is 1. The van der Waals surface area contributed by atoms with Crippen molar-refractivity contribution in [3.05, 3.63) is 89.3 Å². The summed E-state index contributed by atoms with van der Waals surface area (Å²) in [5, 5.41) is 32.6. The summed E-state index contributed by atoms with van der Waals surface area (Å²) in [5.74, 6) is -1.53. The molecule has 0 spiro atoms. The number of ether oxygens (including phenoxy) is 1. The number of phenolic OH excluding ortho intramolecular Hbond substituents is 2. The van der Waals surface area contributed by atoms with Crippen LogP contribution in [0.25, 0.3) is 0 Å². The second-order valence-corrected chi connectivity index (χ2v) is 12.1. The lowest BCUT2D eigenvalue weighted by Gasteiger charge is -2.34. The number of esters is 1. The molecule has 0 atom stereocenters. The highest BCUT2D eigenvalue weighted by atomic mass is 79.9. The Labute approximate surface area is 258 Å². The van der Waals surface area contributed by atoms with Crippen molar-refractivity contribution in [3.8, 4) is 11.5 Å². The maximum absolute atomic E-state index is 13.7. The molecule has 0 amide bonds. The van der Waals surface area contributed by atoms with E-state index >= 15 is 0 Å². The summed E-state index contributed by atoms with van der Waals surface area (Å²) in [6.45, 7) is 8.13. The van der Waals surface area contributed by atoms with Crippen molar-refractivity contribution in [1.29, 1.82) is 0 Å². The van der Waals surface area contributed by atoms with E-state index in [2.05, 4.69) is 31.9 Å². The molecule has 0 aliphatic carbocycles. The maximum atomic E-state index is 13.7. The van der Waals surface area contributed by atoms with Crippen LogP contribution in [-0.4, -0.2) is 27.3 Å². The Kier molecular flexibility index (Phi) is 9.54. The number of carboxylic acids is 1. The van der Waals surface area contributed by atoms with Gasteiger partial charge >= 0.3 is 11.9 Å². The number of cyclic esters (lactones) is 1. The van der Waals surface area contributed by atoms with E-state index < -0.39 is 17.5 Å². The molecule has 0 unspecified atom stereocenters. The number of rotatable bonds is 11. The van der Waals surface area contributed by atoms with Crippen molar-refractivity contribution >= 4 is 43.8 Å². The van der Waals surface area contributed by atoms with E-state index in [0.717, 1.165) is 36.8 Å². The average Bonchev–Trinajstić information content (AvgIpc) is 3.25. The second kappa shape index (κ2) is 12.6. The van der Waals surface area contributed by atoms with Crippen LogP contribution in [0.2, 0.25) is 0 Å². The number of hydrogen-bond acceptors (Lipinski definition) is 5. The first kappa shape index (κ1) is 31.1. The Balaban J connectivity index is 2.25. The lowest BCUT2D eigenvalue weighted by Crippen LogP contribution is -2.32. The van der Waals surface area contributed by atoms with Gasteiger partial charge in [-0.2, -0.15) is 0 Å². The monoisotopic (exact) mass is 686 g/mol. The molecule has 6 nitrogen and oxygen atoms in total. The van der Waals surface area contributed by atoms with Gasteiger partial charge in [-0.1, -0.05) is 65.5 Å². The molecule has 0 saturated heterocycles. The fourth-order valence-corrected chi connectivity index (χ4v) is 7.51. The van der Waals surface area contributed by atoms with Gasteiger partial charge in [-0.05, 0) is 86.9 Å². The molecule has 3 aromatic rings. The molecule has 1 heterocycles. The molecule has 3 N–H and O–H groups in total. The number of carboxylic acid groups (broad SMARTS) is 1. The third kappa shape index (κ3) is 5.18. The van der Waals surface area contributed by atoms with Crippen molar-refractivity contribution in [2.24, 2.45) is 0 Å². The van der Waals surface area contributed by atoms with E-state index in [1.807, 2.05) is 39.8 Å². The zero-order valence-corrected chi connectivity index (χ0v) is 27.0. The smallest absolute Gasteiger partial charge is 0.341 e. The summed E-state index contributed by atoms with van der Waals surface area (Å²) in [4.78, 5) is 26.0. The van der Waals surface area contributed by atoms with Gasteiger partial charge in [0.1, 0.15) is 11.5 Å². The molecule has 8 heteroatoms. The molecular formula is C33H36Br2O6. The summed E-state index contributed by atoms with van der Waals surface area (Å²) in [6, 6.07) is 8.52. The summed E-state index contributed by atoms with van der Waals surface area (Å²) in [7, 11) is 0. The van der Waals surface area contributed by atoms with Crippen LogP contribution in [0.15, 0.2) is 39.3 Å². The number of phenols is 2. The number of carbonyl (C=O) groups excluding carboxylic acids is 1. The van der Waals surface area contributed by atoms with Crippen LogP contribution in [0, 0.1) is 0 Å². The van der Waals surface area contributed by atoms with Crippen molar-refractivity contribution in [2.75, 3.05) is 0 Å². The fraction of sp³-hybridized carbons (Fsp3) is 0.394. The van der Waals surface area contributed by atoms with Crippen LogP contribution in [-0.2, 0) is 36.0 Å². The summed E-state index contributed by atoms with van der Waals surface area (Å²) >= 11 is 7.57. The molecule has 0 bridgehead atoms. The third-order valence-electron chi connectivity index (χ3n) is 7.74. The summed E-state index contributed by atoms with van der Waals surface area (Å²) in [6.07, 6.45) is 5.51. The Bertz CT molecular complexity index is 1440. The maximum Gasteiger partial charge on any atom is 0.341 e. The summed E-state index contributed by atoms with van der Waals surface area (Å²) < 4.78 is 7.64. The molecule has 218 valence electrons. The first-order valence-corrected chi connectivity index (χ1v) is 15.8. The van der Waals surface area contributed by atoms with Gasteiger partial charge in [0.15, 0.2) is 5.60 Å². The molecule has 41 heavy (non-hydrogen) atoms. The molecule has 1 aliphatic rings. The Morgan fingerprint density at radius 1 is 0.780 bits per heavy atom. The van der Waals surface area contributed by atoms with Crippen LogP contribution in [0.5, 0.6) is 11.5 Å². The Hall–Kier alpha value is -2.84. The van der Waals surface area contributed by atoms with Crippen LogP contribution in [0.4, 0.5) is 0 Å². The zero-order chi connectivity index (χ0) is 30.1. The van der Waals surface area contributed by atoms with Crippen molar-refractivity contribution < 1.29 is 29.6 Å². The minimum atomic E-state index is -1.55. The second-order valence-electron chi connectivity index (χ2n) is 10.6. The highest BCUT2D eigenvalue weighted by Crippen LogP contribution is 2.55. The molecule has 4 rings (SSSR count). The van der Waals surface area contributed by atoms with E-state index in [4.69, 9.17) is 4.74 Å². The third-order valence-corrected chi connectivity index (χ3v) is 9.55. The minimum Gasteiger partial charge on any atom is -0.507 e. The first-order valence-electron chi connectivity index (χ1n) is 14.3. The molecular weight excluding hydrogens is 652 g/mol. The highest BCUT2D eigenvalue weighted by molar-refractivity contribution is 9.11. The number of aromatic hydroxyl groups is 2. The number of aryl methyl sites for hydroxylation is 2. The number of halogens is 2. The van der Waals surface area contributed by atoms with Crippen molar-refractivity contribution in [3.63, 3.8) is 0 Å². The van der Waals surface area contributed by atoms with Gasteiger partial charge in [0.2, 0.25) is 0 Å². The highest BCUT2D eigenvalue weighted by Gasteiger charge is 2.53. The largest absolute Gasteiger partial charge is 0.507 e. The molecule has 1 aliphatic heterocycles. The fourth-order valence-electron chi connectivity index (χ4n) is 5.96. The molecule has 0 saturated carbocycles. The van der Waals surface area contributed by atoms with E-state index in [9.17, 15) is 24.9 Å². The molecule has 0 aromatic heterocycles. The summed E-state index contributed by atoms with van der Waals surface area (Å²) in [5.41, 5.74) is 2.82. The van der Waals surface area contributed by atoms with Gasteiger partial charge in [-0.15, -0.1) is 0 Å². The van der Waals surface area contributed by atoms with E-state index in [1.54, 1.807) is 12.1 Å². The van der Waals surface area contributed by atoms with Crippen molar-refractivity contribution in [2.45, 2.75) is 84.7 Å². The average molecular weight is 688 g/mol. The number of hydrogen-bond donors (Lipinski definition) is 3. The van der Waals surface area contributed by atoms with Crippen LogP contribution < -0.4 is 0 Å². The molecule has 0 radical (unpaired) electrons. The normalized spacial score (nSPS) is 13.8.